The number of morpholine rings is 1. The lowest BCUT2D eigenvalue weighted by Crippen LogP contribution is -2.49. The summed E-state index contributed by atoms with van der Waals surface area (Å²) in [5.41, 5.74) is 2.86. The molecule has 1 N–H and O–H groups in total. The summed E-state index contributed by atoms with van der Waals surface area (Å²) in [5, 5.41) is 3.17. The van der Waals surface area contributed by atoms with Crippen molar-refractivity contribution in [1.29, 1.82) is 0 Å². The fourth-order valence-electron chi connectivity index (χ4n) is 4.75. The van der Waals surface area contributed by atoms with Gasteiger partial charge in [-0.15, -0.1) is 11.8 Å². The van der Waals surface area contributed by atoms with Gasteiger partial charge in [-0.3, -0.25) is 14.5 Å². The number of thioether (sulfide) groups is 1. The second kappa shape index (κ2) is 11.9. The van der Waals surface area contributed by atoms with Gasteiger partial charge in [0.2, 0.25) is 5.91 Å². The molecule has 2 amide bonds. The molecule has 4 rings (SSSR count). The molecule has 1 fully saturated rings. The molecule has 0 spiro atoms. The number of ether oxygens (including phenoxy) is 1. The zero-order chi connectivity index (χ0) is 23.9. The Morgan fingerprint density at radius 1 is 1.03 bits per heavy atom. The van der Waals surface area contributed by atoms with E-state index in [1.54, 1.807) is 0 Å². The Labute approximate surface area is 207 Å². The molecule has 0 radical (unpaired) electrons. The number of hydrogen-bond donors (Lipinski definition) is 1. The van der Waals surface area contributed by atoms with Crippen LogP contribution in [0.25, 0.3) is 0 Å². The molecule has 0 aliphatic carbocycles. The number of amides is 2. The van der Waals surface area contributed by atoms with Crippen molar-refractivity contribution in [2.24, 2.45) is 5.92 Å². The molecule has 34 heavy (non-hydrogen) atoms. The van der Waals surface area contributed by atoms with Gasteiger partial charge >= 0.3 is 0 Å². The van der Waals surface area contributed by atoms with Gasteiger partial charge in [-0.2, -0.15) is 0 Å². The van der Waals surface area contributed by atoms with Gasteiger partial charge in [0.05, 0.1) is 24.5 Å². The second-order valence-electron chi connectivity index (χ2n) is 9.35. The zero-order valence-electron chi connectivity index (χ0n) is 20.2. The maximum absolute atomic E-state index is 13.1. The summed E-state index contributed by atoms with van der Waals surface area (Å²) in [6.07, 6.45) is 1.93. The standard InChI is InChI=1S/C27H35N3O3S/c1-20(2)17-22(29-13-15-33-16-14-29)18-28-27(32)23-8-4-6-10-25(23)34-19-26(31)30-12-11-21-7-3-5-9-24(21)30/h3-10,20,22H,11-19H2,1-2H3,(H,28,32). The molecule has 2 aliphatic heterocycles. The Bertz CT molecular complexity index is 991. The number of rotatable bonds is 9. The van der Waals surface area contributed by atoms with Crippen LogP contribution in [-0.4, -0.2) is 67.9 Å². The first-order valence-corrected chi connectivity index (χ1v) is 13.2. The van der Waals surface area contributed by atoms with Crippen molar-refractivity contribution in [3.63, 3.8) is 0 Å². The smallest absolute Gasteiger partial charge is 0.252 e. The first-order valence-electron chi connectivity index (χ1n) is 12.2. The second-order valence-corrected chi connectivity index (χ2v) is 10.4. The molecule has 2 aromatic carbocycles. The van der Waals surface area contributed by atoms with Crippen LogP contribution in [-0.2, 0) is 16.0 Å². The Balaban J connectivity index is 1.36. The number of benzene rings is 2. The quantitative estimate of drug-likeness (QED) is 0.552. The predicted octanol–water partition coefficient (Wildman–Crippen LogP) is 3.84. The highest BCUT2D eigenvalue weighted by atomic mass is 32.2. The zero-order valence-corrected chi connectivity index (χ0v) is 21.0. The molecule has 2 aromatic rings. The summed E-state index contributed by atoms with van der Waals surface area (Å²) in [6, 6.07) is 16.0. The van der Waals surface area contributed by atoms with Crippen LogP contribution in [0.1, 0.15) is 36.2 Å². The van der Waals surface area contributed by atoms with Crippen LogP contribution in [0.15, 0.2) is 53.4 Å². The predicted molar refractivity (Wildman–Crippen MR) is 138 cm³/mol. The lowest BCUT2D eigenvalue weighted by Gasteiger charge is -2.35. The topological polar surface area (TPSA) is 61.9 Å². The minimum atomic E-state index is -0.0796. The summed E-state index contributed by atoms with van der Waals surface area (Å²) in [6.45, 7) is 9.07. The molecular weight excluding hydrogens is 446 g/mol. The summed E-state index contributed by atoms with van der Waals surface area (Å²) in [7, 11) is 0. The molecule has 1 atom stereocenters. The van der Waals surface area contributed by atoms with Gasteiger partial charge in [-0.25, -0.2) is 0 Å². The minimum Gasteiger partial charge on any atom is -0.379 e. The Morgan fingerprint density at radius 3 is 2.56 bits per heavy atom. The van der Waals surface area contributed by atoms with E-state index in [1.165, 1.54) is 17.3 Å². The average molecular weight is 482 g/mol. The van der Waals surface area contributed by atoms with Crippen LogP contribution >= 0.6 is 11.8 Å². The van der Waals surface area contributed by atoms with E-state index in [9.17, 15) is 9.59 Å². The number of carbonyl (C=O) groups is 2. The van der Waals surface area contributed by atoms with Gasteiger partial charge in [0, 0.05) is 42.8 Å². The van der Waals surface area contributed by atoms with Crippen molar-refractivity contribution in [1.82, 2.24) is 10.2 Å². The maximum atomic E-state index is 13.1. The lowest BCUT2D eigenvalue weighted by atomic mass is 10.0. The molecule has 182 valence electrons. The van der Waals surface area contributed by atoms with Crippen LogP contribution < -0.4 is 10.2 Å². The van der Waals surface area contributed by atoms with Crippen LogP contribution in [0.3, 0.4) is 0 Å². The third-order valence-corrected chi connectivity index (χ3v) is 7.53. The number of fused-ring (bicyclic) bond motifs is 1. The molecule has 2 heterocycles. The highest BCUT2D eigenvalue weighted by Gasteiger charge is 2.25. The van der Waals surface area contributed by atoms with Gasteiger partial charge < -0.3 is 15.0 Å². The van der Waals surface area contributed by atoms with E-state index in [-0.39, 0.29) is 11.8 Å². The van der Waals surface area contributed by atoms with Crippen LogP contribution in [0.2, 0.25) is 0 Å². The van der Waals surface area contributed by atoms with Gasteiger partial charge in [0.25, 0.3) is 5.91 Å². The van der Waals surface area contributed by atoms with Crippen molar-refractivity contribution in [3.8, 4) is 0 Å². The molecule has 0 bridgehead atoms. The number of para-hydroxylation sites is 1. The van der Waals surface area contributed by atoms with E-state index in [0.717, 1.165) is 56.3 Å². The van der Waals surface area contributed by atoms with Crippen molar-refractivity contribution >= 4 is 29.3 Å². The van der Waals surface area contributed by atoms with Gasteiger partial charge in [0.15, 0.2) is 0 Å². The number of carbonyl (C=O) groups excluding carboxylic acids is 2. The summed E-state index contributed by atoms with van der Waals surface area (Å²) in [5.74, 6) is 0.857. The van der Waals surface area contributed by atoms with E-state index in [0.29, 0.717) is 29.8 Å². The van der Waals surface area contributed by atoms with E-state index >= 15 is 0 Å². The molecule has 7 heteroatoms. The molecular formula is C27H35N3O3S. The first kappa shape index (κ1) is 24.8. The van der Waals surface area contributed by atoms with E-state index in [2.05, 4.69) is 30.1 Å². The molecule has 6 nitrogen and oxygen atoms in total. The fourth-order valence-corrected chi connectivity index (χ4v) is 5.67. The van der Waals surface area contributed by atoms with Crippen molar-refractivity contribution < 1.29 is 14.3 Å². The Kier molecular flexibility index (Phi) is 8.64. The average Bonchev–Trinajstić information content (AvgIpc) is 3.30. The molecule has 1 saturated heterocycles. The van der Waals surface area contributed by atoms with Gasteiger partial charge in [-0.1, -0.05) is 44.2 Å². The van der Waals surface area contributed by atoms with Crippen molar-refractivity contribution in [3.05, 3.63) is 59.7 Å². The van der Waals surface area contributed by atoms with Crippen molar-refractivity contribution in [2.45, 2.75) is 37.6 Å². The lowest BCUT2D eigenvalue weighted by molar-refractivity contribution is -0.116. The molecule has 0 aromatic heterocycles. The van der Waals surface area contributed by atoms with Crippen LogP contribution in [0, 0.1) is 5.92 Å². The van der Waals surface area contributed by atoms with Crippen molar-refractivity contribution in [2.75, 3.05) is 50.0 Å². The van der Waals surface area contributed by atoms with E-state index < -0.39 is 0 Å². The molecule has 2 aliphatic rings. The minimum absolute atomic E-state index is 0.0782. The number of nitrogens with one attached hydrogen (secondary N) is 1. The first-order chi connectivity index (χ1) is 16.5. The summed E-state index contributed by atoms with van der Waals surface area (Å²) < 4.78 is 5.51. The summed E-state index contributed by atoms with van der Waals surface area (Å²) in [4.78, 5) is 31.2. The third-order valence-electron chi connectivity index (χ3n) is 6.47. The van der Waals surface area contributed by atoms with Gasteiger partial charge in [0.1, 0.15) is 0 Å². The number of anilines is 1. The summed E-state index contributed by atoms with van der Waals surface area (Å²) >= 11 is 1.44. The number of hydrogen-bond acceptors (Lipinski definition) is 5. The normalized spacial score (nSPS) is 17.0. The highest BCUT2D eigenvalue weighted by Crippen LogP contribution is 2.29. The van der Waals surface area contributed by atoms with Gasteiger partial charge in [-0.05, 0) is 42.5 Å². The Hall–Kier alpha value is -2.35. The maximum Gasteiger partial charge on any atom is 0.252 e. The third kappa shape index (κ3) is 6.20. The largest absolute Gasteiger partial charge is 0.379 e. The molecule has 0 saturated carbocycles. The molecule has 1 unspecified atom stereocenters. The van der Waals surface area contributed by atoms with Crippen LogP contribution in [0.4, 0.5) is 5.69 Å². The highest BCUT2D eigenvalue weighted by molar-refractivity contribution is 8.00. The van der Waals surface area contributed by atoms with Crippen LogP contribution in [0.5, 0.6) is 0 Å². The van der Waals surface area contributed by atoms with E-state index in [1.807, 2.05) is 47.4 Å². The number of nitrogens with zero attached hydrogens (tertiary/aromatic N) is 2. The Morgan fingerprint density at radius 2 is 1.76 bits per heavy atom. The van der Waals surface area contributed by atoms with E-state index in [4.69, 9.17) is 4.74 Å². The fraction of sp³-hybridized carbons (Fsp3) is 0.481. The monoisotopic (exact) mass is 481 g/mol. The SMILES string of the molecule is CC(C)CC(CNC(=O)c1ccccc1SCC(=O)N1CCc2ccccc21)N1CCOCC1.